The van der Waals surface area contributed by atoms with Crippen molar-refractivity contribution in [3.8, 4) is 0 Å². The van der Waals surface area contributed by atoms with Crippen molar-refractivity contribution in [1.29, 1.82) is 0 Å². The molecule has 1 saturated carbocycles. The van der Waals surface area contributed by atoms with Gasteiger partial charge in [-0.05, 0) is 69.8 Å². The summed E-state index contributed by atoms with van der Waals surface area (Å²) in [6.07, 6.45) is 5.19. The van der Waals surface area contributed by atoms with Gasteiger partial charge < -0.3 is 5.32 Å². The lowest BCUT2D eigenvalue weighted by atomic mass is 10.1. The van der Waals surface area contributed by atoms with Gasteiger partial charge in [-0.1, -0.05) is 13.0 Å². The van der Waals surface area contributed by atoms with Crippen molar-refractivity contribution in [2.45, 2.75) is 62.9 Å². The van der Waals surface area contributed by atoms with Crippen LogP contribution in [0, 0.1) is 6.92 Å². The SMILES string of the molecule is CCC(CNC(=O)c1cc(S(=O)(=O)NC2CC2)ccc1C)N1CCCC1. The Morgan fingerprint density at radius 3 is 2.58 bits per heavy atom. The Morgan fingerprint density at radius 1 is 1.27 bits per heavy atom. The molecule has 1 saturated heterocycles. The van der Waals surface area contributed by atoms with Crippen LogP contribution < -0.4 is 10.0 Å². The molecular weight excluding hydrogens is 350 g/mol. The zero-order chi connectivity index (χ0) is 18.7. The number of rotatable bonds is 8. The molecule has 2 fully saturated rings. The van der Waals surface area contributed by atoms with E-state index >= 15 is 0 Å². The first-order chi connectivity index (χ1) is 12.4. The number of carbonyl (C=O) groups excluding carboxylic acids is 1. The molecule has 7 heteroatoms. The second-order valence-corrected chi connectivity index (χ2v) is 9.10. The lowest BCUT2D eigenvalue weighted by molar-refractivity contribution is 0.0936. The first kappa shape index (κ1) is 19.3. The molecule has 1 aliphatic heterocycles. The van der Waals surface area contributed by atoms with Crippen LogP contribution >= 0.6 is 0 Å². The lowest BCUT2D eigenvalue weighted by Crippen LogP contribution is -2.42. The van der Waals surface area contributed by atoms with Gasteiger partial charge in [0.25, 0.3) is 5.91 Å². The number of sulfonamides is 1. The quantitative estimate of drug-likeness (QED) is 0.724. The van der Waals surface area contributed by atoms with Crippen molar-refractivity contribution in [2.75, 3.05) is 19.6 Å². The van der Waals surface area contributed by atoms with Gasteiger partial charge in [0.15, 0.2) is 0 Å². The third-order valence-electron chi connectivity index (χ3n) is 5.29. The van der Waals surface area contributed by atoms with Gasteiger partial charge in [-0.2, -0.15) is 0 Å². The number of amides is 1. The van der Waals surface area contributed by atoms with Crippen LogP contribution in [-0.4, -0.2) is 50.9 Å². The molecule has 0 spiro atoms. The number of benzene rings is 1. The minimum atomic E-state index is -3.56. The van der Waals surface area contributed by atoms with Crippen molar-refractivity contribution in [3.63, 3.8) is 0 Å². The summed E-state index contributed by atoms with van der Waals surface area (Å²) in [6.45, 7) is 6.74. The average Bonchev–Trinajstić information content (AvgIpc) is 3.24. The van der Waals surface area contributed by atoms with E-state index < -0.39 is 10.0 Å². The van der Waals surface area contributed by atoms with Gasteiger partial charge in [0.1, 0.15) is 0 Å². The van der Waals surface area contributed by atoms with Crippen LogP contribution in [0.15, 0.2) is 23.1 Å². The van der Waals surface area contributed by atoms with Crippen LogP contribution in [0.3, 0.4) is 0 Å². The molecule has 6 nitrogen and oxygen atoms in total. The van der Waals surface area contributed by atoms with E-state index in [0.29, 0.717) is 18.2 Å². The predicted octanol–water partition coefficient (Wildman–Crippen LogP) is 2.04. The van der Waals surface area contributed by atoms with Gasteiger partial charge in [0, 0.05) is 24.2 Å². The fourth-order valence-corrected chi connectivity index (χ4v) is 4.78. The minimum absolute atomic E-state index is 0.0457. The second kappa shape index (κ2) is 8.06. The summed E-state index contributed by atoms with van der Waals surface area (Å²) in [5, 5.41) is 3.00. The molecule has 0 radical (unpaired) electrons. The predicted molar refractivity (Wildman–Crippen MR) is 102 cm³/mol. The van der Waals surface area contributed by atoms with E-state index in [0.717, 1.165) is 37.9 Å². The van der Waals surface area contributed by atoms with Gasteiger partial charge in [-0.25, -0.2) is 13.1 Å². The molecule has 0 aromatic heterocycles. The molecule has 2 N–H and O–H groups in total. The number of nitrogens with one attached hydrogen (secondary N) is 2. The largest absolute Gasteiger partial charge is 0.350 e. The van der Waals surface area contributed by atoms with Gasteiger partial charge in [0.2, 0.25) is 10.0 Å². The summed E-state index contributed by atoms with van der Waals surface area (Å²) in [7, 11) is -3.56. The van der Waals surface area contributed by atoms with E-state index in [9.17, 15) is 13.2 Å². The van der Waals surface area contributed by atoms with Crippen LogP contribution in [0.4, 0.5) is 0 Å². The number of aryl methyl sites for hydroxylation is 1. The number of likely N-dealkylation sites (tertiary alicyclic amines) is 1. The van der Waals surface area contributed by atoms with E-state index in [1.54, 1.807) is 12.1 Å². The molecule has 3 rings (SSSR count). The third kappa shape index (κ3) is 4.64. The van der Waals surface area contributed by atoms with E-state index in [-0.39, 0.29) is 16.8 Å². The second-order valence-electron chi connectivity index (χ2n) is 7.39. The van der Waals surface area contributed by atoms with Gasteiger partial charge in [0.05, 0.1) is 4.90 Å². The minimum Gasteiger partial charge on any atom is -0.350 e. The molecule has 0 bridgehead atoms. The monoisotopic (exact) mass is 379 g/mol. The normalized spacial score (nSPS) is 19.5. The molecular formula is C19H29N3O3S. The Bertz CT molecular complexity index is 753. The number of hydrogen-bond acceptors (Lipinski definition) is 4. The summed E-state index contributed by atoms with van der Waals surface area (Å²) in [4.78, 5) is 15.3. The van der Waals surface area contributed by atoms with Crippen LogP contribution in [0.1, 0.15) is 54.9 Å². The van der Waals surface area contributed by atoms with Crippen LogP contribution in [-0.2, 0) is 10.0 Å². The highest BCUT2D eigenvalue weighted by atomic mass is 32.2. The zero-order valence-corrected chi connectivity index (χ0v) is 16.4. The standard InChI is InChI=1S/C19H29N3O3S/c1-3-16(22-10-4-5-11-22)13-20-19(23)18-12-17(9-6-14(18)2)26(24,25)21-15-7-8-15/h6,9,12,15-16,21H,3-5,7-8,10-11,13H2,1-2H3,(H,20,23). The molecule has 1 aromatic rings. The molecule has 1 atom stereocenters. The zero-order valence-electron chi connectivity index (χ0n) is 15.6. The molecule has 1 heterocycles. The van der Waals surface area contributed by atoms with Gasteiger partial charge >= 0.3 is 0 Å². The van der Waals surface area contributed by atoms with Crippen molar-refractivity contribution in [1.82, 2.24) is 14.9 Å². The molecule has 1 amide bonds. The smallest absolute Gasteiger partial charge is 0.251 e. The molecule has 1 aliphatic carbocycles. The van der Waals surface area contributed by atoms with Crippen molar-refractivity contribution in [2.24, 2.45) is 0 Å². The Morgan fingerprint density at radius 2 is 1.96 bits per heavy atom. The topological polar surface area (TPSA) is 78.5 Å². The first-order valence-electron chi connectivity index (χ1n) is 9.56. The average molecular weight is 380 g/mol. The maximum absolute atomic E-state index is 12.7. The van der Waals surface area contributed by atoms with Gasteiger partial charge in [-0.15, -0.1) is 0 Å². The summed E-state index contributed by atoms with van der Waals surface area (Å²) >= 11 is 0. The summed E-state index contributed by atoms with van der Waals surface area (Å²) in [5.41, 5.74) is 1.21. The Balaban J connectivity index is 1.68. The highest BCUT2D eigenvalue weighted by Crippen LogP contribution is 2.23. The van der Waals surface area contributed by atoms with Gasteiger partial charge in [-0.3, -0.25) is 9.69 Å². The Labute approximate surface area is 156 Å². The fourth-order valence-electron chi connectivity index (χ4n) is 3.45. The highest BCUT2D eigenvalue weighted by molar-refractivity contribution is 7.89. The van der Waals surface area contributed by atoms with Crippen molar-refractivity contribution < 1.29 is 13.2 Å². The molecule has 1 aromatic carbocycles. The van der Waals surface area contributed by atoms with Crippen LogP contribution in [0.25, 0.3) is 0 Å². The summed E-state index contributed by atoms with van der Waals surface area (Å²) < 4.78 is 27.5. The lowest BCUT2D eigenvalue weighted by Gasteiger charge is -2.26. The maximum Gasteiger partial charge on any atom is 0.251 e. The number of hydrogen-bond donors (Lipinski definition) is 2. The molecule has 26 heavy (non-hydrogen) atoms. The third-order valence-corrected chi connectivity index (χ3v) is 6.81. The van der Waals surface area contributed by atoms with E-state index in [2.05, 4.69) is 21.9 Å². The maximum atomic E-state index is 12.7. The summed E-state index contributed by atoms with van der Waals surface area (Å²) in [5.74, 6) is -0.205. The fraction of sp³-hybridized carbons (Fsp3) is 0.632. The van der Waals surface area contributed by atoms with Crippen LogP contribution in [0.2, 0.25) is 0 Å². The number of carbonyl (C=O) groups is 1. The number of nitrogens with zero attached hydrogens (tertiary/aromatic N) is 1. The van der Waals surface area contributed by atoms with E-state index in [4.69, 9.17) is 0 Å². The van der Waals surface area contributed by atoms with E-state index in [1.807, 2.05) is 6.92 Å². The van der Waals surface area contributed by atoms with E-state index in [1.165, 1.54) is 18.9 Å². The van der Waals surface area contributed by atoms with Crippen molar-refractivity contribution in [3.05, 3.63) is 29.3 Å². The first-order valence-corrected chi connectivity index (χ1v) is 11.0. The molecule has 144 valence electrons. The Hall–Kier alpha value is -1.44. The highest BCUT2D eigenvalue weighted by Gasteiger charge is 2.28. The summed E-state index contributed by atoms with van der Waals surface area (Å²) in [6, 6.07) is 5.14. The van der Waals surface area contributed by atoms with Crippen molar-refractivity contribution >= 4 is 15.9 Å². The Kier molecular flexibility index (Phi) is 5.99. The van der Waals surface area contributed by atoms with Crippen LogP contribution in [0.5, 0.6) is 0 Å². The molecule has 2 aliphatic rings. The molecule has 1 unspecified atom stereocenters.